The molecule has 0 aliphatic carbocycles. The van der Waals surface area contributed by atoms with Crippen molar-refractivity contribution < 1.29 is 4.79 Å². The molecule has 0 saturated carbocycles. The molecule has 1 fully saturated rings. The Balaban J connectivity index is 0.00000156. The number of aromatic nitrogens is 1. The Morgan fingerprint density at radius 3 is 2.56 bits per heavy atom. The van der Waals surface area contributed by atoms with E-state index in [1.54, 1.807) is 6.20 Å². The molecule has 1 aliphatic rings. The van der Waals surface area contributed by atoms with Gasteiger partial charge in [0.1, 0.15) is 9.88 Å². The summed E-state index contributed by atoms with van der Waals surface area (Å²) in [5, 5.41) is 4.28. The molecule has 2 aromatic rings. The maximum atomic E-state index is 13.0. The first-order chi connectivity index (χ1) is 11.3. The van der Waals surface area contributed by atoms with Crippen LogP contribution in [0.5, 0.6) is 0 Å². The second-order valence-electron chi connectivity index (χ2n) is 5.88. The van der Waals surface area contributed by atoms with E-state index in [9.17, 15) is 4.79 Å². The molecule has 1 aliphatic heterocycles. The van der Waals surface area contributed by atoms with Crippen molar-refractivity contribution in [3.63, 3.8) is 0 Å². The van der Waals surface area contributed by atoms with Crippen molar-refractivity contribution in [2.24, 2.45) is 0 Å². The maximum absolute atomic E-state index is 13.0. The van der Waals surface area contributed by atoms with Gasteiger partial charge in [-0.3, -0.25) is 4.79 Å². The molecule has 1 aromatic carbocycles. The van der Waals surface area contributed by atoms with Crippen molar-refractivity contribution in [3.05, 3.63) is 41.4 Å². The molecule has 2 heterocycles. The number of hydrogen-bond donors (Lipinski definition) is 1. The average Bonchev–Trinajstić information content (AvgIpc) is 3.11. The van der Waals surface area contributed by atoms with Crippen molar-refractivity contribution in [2.45, 2.75) is 32.2 Å². The van der Waals surface area contributed by atoms with Crippen LogP contribution in [-0.2, 0) is 0 Å². The van der Waals surface area contributed by atoms with Gasteiger partial charge < -0.3 is 10.2 Å². The lowest BCUT2D eigenvalue weighted by atomic mass is 10.0. The molecule has 1 amide bonds. The van der Waals surface area contributed by atoms with Gasteiger partial charge in [0.15, 0.2) is 0 Å². The highest BCUT2D eigenvalue weighted by atomic mass is 35.5. The zero-order valence-electron chi connectivity index (χ0n) is 14.3. The lowest BCUT2D eigenvalue weighted by Gasteiger charge is -2.34. The predicted molar refractivity (Wildman–Crippen MR) is 109 cm³/mol. The van der Waals surface area contributed by atoms with Gasteiger partial charge in [0.2, 0.25) is 0 Å². The number of amides is 1. The monoisotopic (exact) mass is 401 g/mol. The minimum Gasteiger partial charge on any atom is -0.335 e. The minimum atomic E-state index is 0. The zero-order chi connectivity index (χ0) is 16.1. The SMILES string of the molecule is CCCN(C(=O)c1cnc(-c2ccccc2)s1)C1CCNCC1.Cl.Cl. The summed E-state index contributed by atoms with van der Waals surface area (Å²) in [5.41, 5.74) is 1.07. The quantitative estimate of drug-likeness (QED) is 0.813. The van der Waals surface area contributed by atoms with E-state index in [1.165, 1.54) is 11.3 Å². The van der Waals surface area contributed by atoms with E-state index in [2.05, 4.69) is 22.1 Å². The average molecular weight is 402 g/mol. The summed E-state index contributed by atoms with van der Waals surface area (Å²) in [6.07, 6.45) is 4.80. The van der Waals surface area contributed by atoms with Crippen LogP contribution >= 0.6 is 36.2 Å². The van der Waals surface area contributed by atoms with Gasteiger partial charge >= 0.3 is 0 Å². The molecule has 1 saturated heterocycles. The number of nitrogens with zero attached hydrogens (tertiary/aromatic N) is 2. The lowest BCUT2D eigenvalue weighted by molar-refractivity contribution is 0.0647. The van der Waals surface area contributed by atoms with Crippen LogP contribution in [-0.4, -0.2) is 41.5 Å². The first kappa shape index (κ1) is 21.9. The number of benzene rings is 1. The molecule has 1 N–H and O–H groups in total. The number of hydrogen-bond acceptors (Lipinski definition) is 4. The van der Waals surface area contributed by atoms with E-state index in [4.69, 9.17) is 0 Å². The summed E-state index contributed by atoms with van der Waals surface area (Å²) in [5.74, 6) is 0.137. The van der Waals surface area contributed by atoms with Crippen molar-refractivity contribution >= 4 is 42.1 Å². The largest absolute Gasteiger partial charge is 0.335 e. The second kappa shape index (κ2) is 10.8. The molecule has 0 bridgehead atoms. The Morgan fingerprint density at radius 2 is 1.92 bits per heavy atom. The van der Waals surface area contributed by atoms with Gasteiger partial charge in [0.25, 0.3) is 5.91 Å². The second-order valence-corrected chi connectivity index (χ2v) is 6.91. The third-order valence-corrected chi connectivity index (χ3v) is 5.25. The Hall–Kier alpha value is -1.14. The fourth-order valence-electron chi connectivity index (χ4n) is 3.04. The predicted octanol–water partition coefficient (Wildman–Crippen LogP) is 4.26. The van der Waals surface area contributed by atoms with E-state index in [0.29, 0.717) is 6.04 Å². The fourth-order valence-corrected chi connectivity index (χ4v) is 3.92. The van der Waals surface area contributed by atoms with Gasteiger partial charge in [-0.05, 0) is 32.4 Å². The van der Waals surface area contributed by atoms with E-state index in [0.717, 1.165) is 54.3 Å². The standard InChI is InChI=1S/C18H23N3OS.2ClH/c1-2-12-21(15-8-10-19-11-9-15)18(22)16-13-20-17(23-16)14-6-4-3-5-7-14;;/h3-7,13,15,19H,2,8-12H2,1H3;2*1H. The van der Waals surface area contributed by atoms with Crippen LogP contribution in [0.15, 0.2) is 36.5 Å². The number of piperidine rings is 1. The molecule has 0 atom stereocenters. The van der Waals surface area contributed by atoms with Gasteiger partial charge in [-0.25, -0.2) is 4.98 Å². The topological polar surface area (TPSA) is 45.2 Å². The van der Waals surface area contributed by atoms with Gasteiger partial charge in [-0.2, -0.15) is 0 Å². The molecular formula is C18H25Cl2N3OS. The first-order valence-corrected chi connectivity index (χ1v) is 9.14. The smallest absolute Gasteiger partial charge is 0.265 e. The van der Waals surface area contributed by atoms with Crippen LogP contribution < -0.4 is 5.32 Å². The van der Waals surface area contributed by atoms with E-state index in [1.807, 2.05) is 30.3 Å². The van der Waals surface area contributed by atoms with E-state index >= 15 is 0 Å². The van der Waals surface area contributed by atoms with Crippen LogP contribution in [0, 0.1) is 0 Å². The number of halogens is 2. The van der Waals surface area contributed by atoms with Crippen molar-refractivity contribution in [3.8, 4) is 10.6 Å². The normalized spacial score (nSPS) is 14.3. The van der Waals surface area contributed by atoms with Crippen molar-refractivity contribution in [1.82, 2.24) is 15.2 Å². The van der Waals surface area contributed by atoms with Crippen LogP contribution in [0.1, 0.15) is 35.9 Å². The highest BCUT2D eigenvalue weighted by Crippen LogP contribution is 2.27. The van der Waals surface area contributed by atoms with Gasteiger partial charge in [-0.15, -0.1) is 36.2 Å². The number of rotatable bonds is 5. The van der Waals surface area contributed by atoms with E-state index in [-0.39, 0.29) is 30.7 Å². The number of carbonyl (C=O) groups excluding carboxylic acids is 1. The van der Waals surface area contributed by atoms with Crippen molar-refractivity contribution in [2.75, 3.05) is 19.6 Å². The highest BCUT2D eigenvalue weighted by molar-refractivity contribution is 7.16. The molecule has 138 valence electrons. The Morgan fingerprint density at radius 1 is 1.24 bits per heavy atom. The summed E-state index contributed by atoms with van der Waals surface area (Å²) in [7, 11) is 0. The van der Waals surface area contributed by atoms with Gasteiger partial charge in [-0.1, -0.05) is 37.3 Å². The molecule has 0 spiro atoms. The molecule has 3 rings (SSSR count). The Kier molecular flexibility index (Phi) is 9.43. The fraction of sp³-hybridized carbons (Fsp3) is 0.444. The molecule has 25 heavy (non-hydrogen) atoms. The third-order valence-electron chi connectivity index (χ3n) is 4.21. The molecule has 0 unspecified atom stereocenters. The molecule has 0 radical (unpaired) electrons. The Labute approximate surface area is 165 Å². The van der Waals surface area contributed by atoms with Crippen LogP contribution in [0.4, 0.5) is 0 Å². The van der Waals surface area contributed by atoms with Crippen molar-refractivity contribution in [1.29, 1.82) is 0 Å². The number of nitrogens with one attached hydrogen (secondary N) is 1. The number of thiazole rings is 1. The minimum absolute atomic E-state index is 0. The first-order valence-electron chi connectivity index (χ1n) is 8.32. The van der Waals surface area contributed by atoms with Gasteiger partial charge in [0.05, 0.1) is 6.20 Å². The third kappa shape index (κ3) is 5.42. The molecule has 4 nitrogen and oxygen atoms in total. The summed E-state index contributed by atoms with van der Waals surface area (Å²) in [6.45, 7) is 4.94. The highest BCUT2D eigenvalue weighted by Gasteiger charge is 2.26. The maximum Gasteiger partial charge on any atom is 0.265 e. The number of carbonyl (C=O) groups is 1. The molecule has 7 heteroatoms. The molecular weight excluding hydrogens is 377 g/mol. The summed E-state index contributed by atoms with van der Waals surface area (Å²) >= 11 is 1.49. The molecule has 1 aromatic heterocycles. The summed E-state index contributed by atoms with van der Waals surface area (Å²) in [6, 6.07) is 10.4. The summed E-state index contributed by atoms with van der Waals surface area (Å²) in [4.78, 5) is 20.2. The van der Waals surface area contributed by atoms with E-state index < -0.39 is 0 Å². The van der Waals surface area contributed by atoms with Crippen LogP contribution in [0.25, 0.3) is 10.6 Å². The summed E-state index contributed by atoms with van der Waals surface area (Å²) < 4.78 is 0. The Bertz CT molecular complexity index is 645. The van der Waals surface area contributed by atoms with Gasteiger partial charge in [0, 0.05) is 18.2 Å². The lowest BCUT2D eigenvalue weighted by Crippen LogP contribution is -2.46. The van der Waals surface area contributed by atoms with Crippen LogP contribution in [0.2, 0.25) is 0 Å². The van der Waals surface area contributed by atoms with Crippen LogP contribution in [0.3, 0.4) is 0 Å². The zero-order valence-corrected chi connectivity index (χ0v) is 16.8.